The van der Waals surface area contributed by atoms with Gasteiger partial charge in [0.05, 0.1) is 6.10 Å². The van der Waals surface area contributed by atoms with Crippen LogP contribution in [0.25, 0.3) is 0 Å². The molecule has 1 unspecified atom stereocenters. The Labute approximate surface area is 79.0 Å². The van der Waals surface area contributed by atoms with Crippen molar-refractivity contribution in [2.45, 2.75) is 26.9 Å². The highest BCUT2D eigenvalue weighted by Crippen LogP contribution is 2.51. The summed E-state index contributed by atoms with van der Waals surface area (Å²) < 4.78 is 5.13. The molecule has 1 saturated heterocycles. The van der Waals surface area contributed by atoms with Gasteiger partial charge in [0.2, 0.25) is 0 Å². The molecule has 1 amide bonds. The van der Waals surface area contributed by atoms with Crippen molar-refractivity contribution in [2.75, 3.05) is 13.1 Å². The average molecular weight is 183 g/mol. The smallest absolute Gasteiger partial charge is 0.410 e. The standard InChI is InChI=1S/C10H17NO2/c1-6(2)13-10(12)11-4-8-7(3)9(8)5-11/h6-9H,4-5H2,1-3H3/t7?,8-,9+. The lowest BCUT2D eigenvalue weighted by Gasteiger charge is -2.20. The van der Waals surface area contributed by atoms with Crippen molar-refractivity contribution in [3.63, 3.8) is 0 Å². The fourth-order valence-corrected chi connectivity index (χ4v) is 2.25. The minimum absolute atomic E-state index is 0.00171. The maximum Gasteiger partial charge on any atom is 0.410 e. The van der Waals surface area contributed by atoms with Crippen molar-refractivity contribution in [1.82, 2.24) is 4.90 Å². The van der Waals surface area contributed by atoms with Crippen molar-refractivity contribution < 1.29 is 9.53 Å². The zero-order valence-electron chi connectivity index (χ0n) is 8.49. The Kier molecular flexibility index (Phi) is 1.97. The van der Waals surface area contributed by atoms with Gasteiger partial charge in [-0.3, -0.25) is 0 Å². The summed E-state index contributed by atoms with van der Waals surface area (Å²) in [7, 11) is 0. The highest BCUT2D eigenvalue weighted by Gasteiger charge is 2.54. The molecule has 1 aliphatic carbocycles. The Morgan fingerprint density at radius 2 is 1.92 bits per heavy atom. The first-order valence-electron chi connectivity index (χ1n) is 5.05. The number of nitrogens with zero attached hydrogens (tertiary/aromatic N) is 1. The lowest BCUT2D eigenvalue weighted by atomic mass is 10.3. The summed E-state index contributed by atoms with van der Waals surface area (Å²) in [5.74, 6) is 2.36. The second-order valence-electron chi connectivity index (χ2n) is 4.52. The summed E-state index contributed by atoms with van der Waals surface area (Å²) in [5.41, 5.74) is 0. The molecule has 1 heterocycles. The Balaban J connectivity index is 1.81. The number of fused-ring (bicyclic) bond motifs is 1. The monoisotopic (exact) mass is 183 g/mol. The summed E-state index contributed by atoms with van der Waals surface area (Å²) in [4.78, 5) is 13.3. The van der Waals surface area contributed by atoms with E-state index in [1.807, 2.05) is 18.7 Å². The fourth-order valence-electron chi connectivity index (χ4n) is 2.25. The van der Waals surface area contributed by atoms with Crippen LogP contribution in [-0.2, 0) is 4.74 Å². The van der Waals surface area contributed by atoms with E-state index in [-0.39, 0.29) is 12.2 Å². The predicted molar refractivity (Wildman–Crippen MR) is 49.3 cm³/mol. The van der Waals surface area contributed by atoms with Crippen LogP contribution in [0.15, 0.2) is 0 Å². The molecule has 3 atom stereocenters. The van der Waals surface area contributed by atoms with E-state index in [0.29, 0.717) is 0 Å². The Morgan fingerprint density at radius 3 is 2.38 bits per heavy atom. The average Bonchev–Trinajstić information content (AvgIpc) is 2.47. The topological polar surface area (TPSA) is 29.5 Å². The minimum atomic E-state index is -0.130. The first-order chi connectivity index (χ1) is 6.09. The molecule has 2 rings (SSSR count). The number of hydrogen-bond donors (Lipinski definition) is 0. The SMILES string of the molecule is CC(C)OC(=O)N1C[C@@H]2C(C)[C@@H]2C1. The number of amides is 1. The number of likely N-dealkylation sites (tertiary alicyclic amines) is 1. The van der Waals surface area contributed by atoms with Crippen LogP contribution in [0.2, 0.25) is 0 Å². The molecule has 1 saturated carbocycles. The molecule has 0 bridgehead atoms. The molecule has 0 aromatic rings. The van der Waals surface area contributed by atoms with E-state index in [0.717, 1.165) is 30.8 Å². The van der Waals surface area contributed by atoms with Crippen LogP contribution >= 0.6 is 0 Å². The third-order valence-electron chi connectivity index (χ3n) is 3.22. The van der Waals surface area contributed by atoms with Gasteiger partial charge in [-0.05, 0) is 31.6 Å². The molecule has 2 aliphatic rings. The van der Waals surface area contributed by atoms with Gasteiger partial charge in [0, 0.05) is 13.1 Å². The molecule has 0 aromatic carbocycles. The van der Waals surface area contributed by atoms with Crippen molar-refractivity contribution in [3.8, 4) is 0 Å². The first-order valence-corrected chi connectivity index (χ1v) is 5.05. The van der Waals surface area contributed by atoms with Gasteiger partial charge in [-0.15, -0.1) is 0 Å². The second kappa shape index (κ2) is 2.89. The third kappa shape index (κ3) is 1.52. The molecule has 74 valence electrons. The molecular weight excluding hydrogens is 166 g/mol. The highest BCUT2D eigenvalue weighted by molar-refractivity contribution is 5.68. The van der Waals surface area contributed by atoms with E-state index in [9.17, 15) is 4.79 Å². The predicted octanol–water partition coefficient (Wildman–Crippen LogP) is 1.73. The van der Waals surface area contributed by atoms with Crippen molar-refractivity contribution in [3.05, 3.63) is 0 Å². The van der Waals surface area contributed by atoms with Crippen LogP contribution in [0.1, 0.15) is 20.8 Å². The quantitative estimate of drug-likeness (QED) is 0.619. The van der Waals surface area contributed by atoms with E-state index < -0.39 is 0 Å². The zero-order valence-corrected chi connectivity index (χ0v) is 8.49. The molecule has 0 spiro atoms. The van der Waals surface area contributed by atoms with E-state index in [4.69, 9.17) is 4.74 Å². The Bertz CT molecular complexity index is 215. The largest absolute Gasteiger partial charge is 0.447 e. The molecule has 0 N–H and O–H groups in total. The van der Waals surface area contributed by atoms with Gasteiger partial charge >= 0.3 is 6.09 Å². The number of carbonyl (C=O) groups is 1. The third-order valence-corrected chi connectivity index (χ3v) is 3.22. The molecule has 3 nitrogen and oxygen atoms in total. The molecule has 13 heavy (non-hydrogen) atoms. The normalized spacial score (nSPS) is 36.3. The summed E-state index contributed by atoms with van der Waals surface area (Å²) >= 11 is 0. The zero-order chi connectivity index (χ0) is 9.59. The number of carbonyl (C=O) groups excluding carboxylic acids is 1. The van der Waals surface area contributed by atoms with Gasteiger partial charge in [0.25, 0.3) is 0 Å². The van der Waals surface area contributed by atoms with Crippen LogP contribution in [0.3, 0.4) is 0 Å². The summed E-state index contributed by atoms with van der Waals surface area (Å²) in [6.45, 7) is 7.86. The molecule has 0 aromatic heterocycles. The molecular formula is C10H17NO2. The number of hydrogen-bond acceptors (Lipinski definition) is 2. The van der Waals surface area contributed by atoms with Crippen molar-refractivity contribution in [2.24, 2.45) is 17.8 Å². The Hall–Kier alpha value is -0.730. The van der Waals surface area contributed by atoms with Gasteiger partial charge < -0.3 is 9.64 Å². The lowest BCUT2D eigenvalue weighted by Crippen LogP contribution is -2.33. The maximum atomic E-state index is 11.4. The van der Waals surface area contributed by atoms with E-state index in [2.05, 4.69) is 6.92 Å². The number of piperidine rings is 1. The van der Waals surface area contributed by atoms with Crippen LogP contribution in [-0.4, -0.2) is 30.2 Å². The van der Waals surface area contributed by atoms with Crippen LogP contribution in [0.5, 0.6) is 0 Å². The lowest BCUT2D eigenvalue weighted by molar-refractivity contribution is 0.0793. The summed E-state index contributed by atoms with van der Waals surface area (Å²) in [6, 6.07) is 0. The molecule has 0 radical (unpaired) electrons. The van der Waals surface area contributed by atoms with Gasteiger partial charge in [0.1, 0.15) is 0 Å². The number of ether oxygens (including phenoxy) is 1. The van der Waals surface area contributed by atoms with Crippen LogP contribution < -0.4 is 0 Å². The van der Waals surface area contributed by atoms with Crippen LogP contribution in [0, 0.1) is 17.8 Å². The number of rotatable bonds is 1. The van der Waals surface area contributed by atoms with Gasteiger partial charge in [0.15, 0.2) is 0 Å². The molecule has 2 fully saturated rings. The highest BCUT2D eigenvalue weighted by atomic mass is 16.6. The second-order valence-corrected chi connectivity index (χ2v) is 4.52. The van der Waals surface area contributed by atoms with Gasteiger partial charge in [-0.2, -0.15) is 0 Å². The van der Waals surface area contributed by atoms with E-state index in [1.165, 1.54) is 0 Å². The van der Waals surface area contributed by atoms with Crippen molar-refractivity contribution >= 4 is 6.09 Å². The molecule has 3 heteroatoms. The van der Waals surface area contributed by atoms with E-state index >= 15 is 0 Å². The van der Waals surface area contributed by atoms with Gasteiger partial charge in [-0.25, -0.2) is 4.79 Å². The first kappa shape index (κ1) is 8.85. The fraction of sp³-hybridized carbons (Fsp3) is 0.900. The van der Waals surface area contributed by atoms with Crippen LogP contribution in [0.4, 0.5) is 4.79 Å². The van der Waals surface area contributed by atoms with Crippen molar-refractivity contribution in [1.29, 1.82) is 0 Å². The van der Waals surface area contributed by atoms with Gasteiger partial charge in [-0.1, -0.05) is 6.92 Å². The van der Waals surface area contributed by atoms with E-state index in [1.54, 1.807) is 0 Å². The summed E-state index contributed by atoms with van der Waals surface area (Å²) in [5, 5.41) is 0. The molecule has 1 aliphatic heterocycles. The maximum absolute atomic E-state index is 11.4. The minimum Gasteiger partial charge on any atom is -0.447 e. The Morgan fingerprint density at radius 1 is 1.38 bits per heavy atom. The summed E-state index contributed by atoms with van der Waals surface area (Å²) in [6.07, 6.45) is -0.128.